The van der Waals surface area contributed by atoms with Crippen LogP contribution < -0.4 is 10.6 Å². The van der Waals surface area contributed by atoms with Gasteiger partial charge < -0.3 is 25.4 Å². The van der Waals surface area contributed by atoms with Gasteiger partial charge in [-0.25, -0.2) is 4.79 Å². The SMILES string of the molecule is C#Cc1ccc(C(C(=O)NC2CCCCC2)N(C(=O)C(CO)NC(=O)OC(C)(C)C)C(C)CC)cc1. The number of hydrogen-bond donors (Lipinski definition) is 3. The van der Waals surface area contributed by atoms with E-state index in [4.69, 9.17) is 11.2 Å². The van der Waals surface area contributed by atoms with E-state index in [1.165, 1.54) is 4.90 Å². The van der Waals surface area contributed by atoms with Gasteiger partial charge in [0.25, 0.3) is 0 Å². The number of aliphatic hydroxyl groups is 1. The molecule has 1 aliphatic rings. The molecule has 0 radical (unpaired) electrons. The summed E-state index contributed by atoms with van der Waals surface area (Å²) in [6, 6.07) is 4.41. The van der Waals surface area contributed by atoms with E-state index in [1.54, 1.807) is 45.0 Å². The predicted molar refractivity (Wildman–Crippen MR) is 139 cm³/mol. The van der Waals surface area contributed by atoms with E-state index < -0.39 is 36.3 Å². The summed E-state index contributed by atoms with van der Waals surface area (Å²) in [6.45, 7) is 8.24. The van der Waals surface area contributed by atoms with Gasteiger partial charge in [0.05, 0.1) is 6.61 Å². The third-order valence-electron chi connectivity index (χ3n) is 6.36. The number of carbonyl (C=O) groups excluding carboxylic acids is 3. The van der Waals surface area contributed by atoms with Crippen LogP contribution in [0.4, 0.5) is 4.79 Å². The molecular weight excluding hydrogens is 458 g/mol. The molecule has 2 rings (SSSR count). The molecule has 8 heteroatoms. The van der Waals surface area contributed by atoms with Gasteiger partial charge in [-0.15, -0.1) is 6.42 Å². The number of ether oxygens (including phenoxy) is 1. The van der Waals surface area contributed by atoms with Crippen molar-refractivity contribution < 1.29 is 24.2 Å². The molecule has 3 unspecified atom stereocenters. The molecule has 8 nitrogen and oxygen atoms in total. The number of aliphatic hydroxyl groups excluding tert-OH is 1. The third kappa shape index (κ3) is 8.27. The number of alkyl carbamates (subject to hydrolysis) is 1. The van der Waals surface area contributed by atoms with E-state index >= 15 is 0 Å². The van der Waals surface area contributed by atoms with Crippen LogP contribution in [0, 0.1) is 12.3 Å². The fraction of sp³-hybridized carbons (Fsp3) is 0.607. The monoisotopic (exact) mass is 499 g/mol. The molecule has 0 heterocycles. The summed E-state index contributed by atoms with van der Waals surface area (Å²) in [7, 11) is 0. The Morgan fingerprint density at radius 1 is 1.17 bits per heavy atom. The highest BCUT2D eigenvalue weighted by molar-refractivity contribution is 5.92. The summed E-state index contributed by atoms with van der Waals surface area (Å²) in [5.74, 6) is 1.71. The lowest BCUT2D eigenvalue weighted by atomic mass is 9.94. The molecule has 198 valence electrons. The molecular formula is C28H41N3O5. The fourth-order valence-electron chi connectivity index (χ4n) is 4.34. The molecule has 1 saturated carbocycles. The minimum absolute atomic E-state index is 0.0427. The van der Waals surface area contributed by atoms with E-state index in [0.29, 0.717) is 17.5 Å². The second-order valence-electron chi connectivity index (χ2n) is 10.4. The van der Waals surface area contributed by atoms with Gasteiger partial charge in [-0.2, -0.15) is 0 Å². The zero-order valence-corrected chi connectivity index (χ0v) is 22.2. The molecule has 3 N–H and O–H groups in total. The Hall–Kier alpha value is -3.05. The topological polar surface area (TPSA) is 108 Å². The second kappa shape index (κ2) is 13.3. The minimum Gasteiger partial charge on any atom is -0.444 e. The number of rotatable bonds is 9. The van der Waals surface area contributed by atoms with E-state index in [1.807, 2.05) is 13.8 Å². The summed E-state index contributed by atoms with van der Waals surface area (Å²) >= 11 is 0. The van der Waals surface area contributed by atoms with Gasteiger partial charge >= 0.3 is 6.09 Å². The molecule has 0 aromatic heterocycles. The van der Waals surface area contributed by atoms with Crippen LogP contribution in [-0.4, -0.2) is 58.2 Å². The van der Waals surface area contributed by atoms with Crippen molar-refractivity contribution in [3.63, 3.8) is 0 Å². The fourth-order valence-corrected chi connectivity index (χ4v) is 4.34. The number of hydrogen-bond acceptors (Lipinski definition) is 5. The lowest BCUT2D eigenvalue weighted by molar-refractivity contribution is -0.146. The van der Waals surface area contributed by atoms with Crippen molar-refractivity contribution in [1.29, 1.82) is 0 Å². The van der Waals surface area contributed by atoms with Gasteiger partial charge in [0.2, 0.25) is 11.8 Å². The largest absolute Gasteiger partial charge is 0.444 e. The number of amides is 3. The van der Waals surface area contributed by atoms with Gasteiger partial charge in [0.1, 0.15) is 17.7 Å². The smallest absolute Gasteiger partial charge is 0.408 e. The summed E-state index contributed by atoms with van der Waals surface area (Å²) in [6.07, 6.45) is 10.3. The zero-order valence-electron chi connectivity index (χ0n) is 22.2. The average Bonchev–Trinajstić information content (AvgIpc) is 2.84. The summed E-state index contributed by atoms with van der Waals surface area (Å²) in [4.78, 5) is 41.4. The zero-order chi connectivity index (χ0) is 26.9. The van der Waals surface area contributed by atoms with Crippen LogP contribution in [0.5, 0.6) is 0 Å². The Balaban J connectivity index is 2.44. The van der Waals surface area contributed by atoms with Crippen LogP contribution in [0.3, 0.4) is 0 Å². The van der Waals surface area contributed by atoms with Crippen molar-refractivity contribution in [1.82, 2.24) is 15.5 Å². The first-order valence-corrected chi connectivity index (χ1v) is 12.8. The van der Waals surface area contributed by atoms with Gasteiger partial charge in [-0.3, -0.25) is 9.59 Å². The highest BCUT2D eigenvalue weighted by Crippen LogP contribution is 2.28. The van der Waals surface area contributed by atoms with E-state index in [2.05, 4.69) is 16.6 Å². The highest BCUT2D eigenvalue weighted by Gasteiger charge is 2.39. The first-order valence-electron chi connectivity index (χ1n) is 12.8. The molecule has 36 heavy (non-hydrogen) atoms. The van der Waals surface area contributed by atoms with E-state index in [0.717, 1.165) is 32.1 Å². The Kier molecular flexibility index (Phi) is 10.8. The molecule has 0 spiro atoms. The Bertz CT molecular complexity index is 926. The van der Waals surface area contributed by atoms with E-state index in [9.17, 15) is 19.5 Å². The van der Waals surface area contributed by atoms with Crippen LogP contribution >= 0.6 is 0 Å². The lowest BCUT2D eigenvalue weighted by Crippen LogP contribution is -2.57. The summed E-state index contributed by atoms with van der Waals surface area (Å²) in [5.41, 5.74) is 0.487. The maximum absolute atomic E-state index is 13.8. The van der Waals surface area contributed by atoms with Gasteiger partial charge in [0.15, 0.2) is 0 Å². The Morgan fingerprint density at radius 2 is 1.78 bits per heavy atom. The van der Waals surface area contributed by atoms with Crippen molar-refractivity contribution >= 4 is 17.9 Å². The van der Waals surface area contributed by atoms with Gasteiger partial charge in [0, 0.05) is 17.6 Å². The first kappa shape index (κ1) is 29.2. The van der Waals surface area contributed by atoms with Crippen LogP contribution in [0.15, 0.2) is 24.3 Å². The third-order valence-corrected chi connectivity index (χ3v) is 6.36. The number of nitrogens with one attached hydrogen (secondary N) is 2. The van der Waals surface area contributed by atoms with Crippen molar-refractivity contribution in [3.05, 3.63) is 35.4 Å². The number of terminal acetylenes is 1. The van der Waals surface area contributed by atoms with Gasteiger partial charge in [-0.1, -0.05) is 44.2 Å². The minimum atomic E-state index is -1.27. The molecule has 1 fully saturated rings. The second-order valence-corrected chi connectivity index (χ2v) is 10.4. The number of benzene rings is 1. The Morgan fingerprint density at radius 3 is 2.28 bits per heavy atom. The molecule has 0 bridgehead atoms. The predicted octanol–water partition coefficient (Wildman–Crippen LogP) is 3.67. The Labute approximate surface area is 215 Å². The van der Waals surface area contributed by atoms with Crippen LogP contribution in [0.2, 0.25) is 0 Å². The standard InChI is InChI=1S/C28H41N3O5/c1-7-19(3)31(26(34)23(18-32)30-27(35)36-28(4,5)6)24(21-16-14-20(8-2)15-17-21)25(33)29-22-12-10-9-11-13-22/h2,14-17,19,22-24,32H,7,9-13,18H2,1,3-6H3,(H,29,33)(H,30,35). The number of nitrogens with zero attached hydrogens (tertiary/aromatic N) is 1. The number of carbonyl (C=O) groups is 3. The molecule has 1 aliphatic carbocycles. The van der Waals surface area contributed by atoms with Crippen LogP contribution in [-0.2, 0) is 14.3 Å². The molecule has 0 aliphatic heterocycles. The lowest BCUT2D eigenvalue weighted by Gasteiger charge is -2.38. The molecule has 3 atom stereocenters. The molecule has 1 aromatic carbocycles. The normalized spacial score (nSPS) is 16.7. The average molecular weight is 500 g/mol. The highest BCUT2D eigenvalue weighted by atomic mass is 16.6. The van der Waals surface area contributed by atoms with Gasteiger partial charge in [-0.05, 0) is 64.7 Å². The van der Waals surface area contributed by atoms with E-state index in [-0.39, 0.29) is 18.0 Å². The van der Waals surface area contributed by atoms with Crippen LogP contribution in [0.25, 0.3) is 0 Å². The molecule has 3 amide bonds. The summed E-state index contributed by atoms with van der Waals surface area (Å²) < 4.78 is 5.28. The van der Waals surface area contributed by atoms with Crippen molar-refractivity contribution in [2.75, 3.05) is 6.61 Å². The molecule has 0 saturated heterocycles. The maximum Gasteiger partial charge on any atom is 0.408 e. The van der Waals surface area contributed by atoms with Crippen molar-refractivity contribution in [2.24, 2.45) is 0 Å². The first-order chi connectivity index (χ1) is 17.0. The summed E-state index contributed by atoms with van der Waals surface area (Å²) in [5, 5.41) is 15.6. The molecule has 1 aromatic rings. The quantitative estimate of drug-likeness (QED) is 0.450. The van der Waals surface area contributed by atoms with Crippen molar-refractivity contribution in [2.45, 2.75) is 103 Å². The van der Waals surface area contributed by atoms with Crippen molar-refractivity contribution in [3.8, 4) is 12.3 Å². The maximum atomic E-state index is 13.8. The van der Waals surface area contributed by atoms with Crippen LogP contribution in [0.1, 0.15) is 90.3 Å².